The molecular weight excluding hydrogens is 208 g/mol. The molecule has 0 heterocycles. The van der Waals surface area contributed by atoms with Gasteiger partial charge < -0.3 is 0 Å². The summed E-state index contributed by atoms with van der Waals surface area (Å²) in [6.45, 7) is 3.73. The number of alkyl halides is 2. The van der Waals surface area contributed by atoms with Gasteiger partial charge in [-0.05, 0) is 12.0 Å². The van der Waals surface area contributed by atoms with Crippen molar-refractivity contribution >= 4 is 31.9 Å². The average molecular weight is 212 g/mol. The number of halogens is 2. The summed E-state index contributed by atoms with van der Waals surface area (Å²) in [5, 5.41) is 0. The zero-order chi connectivity index (χ0) is 4.78. The van der Waals surface area contributed by atoms with Gasteiger partial charge in [0.1, 0.15) is 3.23 Å². The lowest BCUT2D eigenvalue weighted by Crippen LogP contribution is -1.72. The van der Waals surface area contributed by atoms with Gasteiger partial charge in [0.2, 0.25) is 0 Å². The molecule has 1 fully saturated rings. The minimum Gasteiger partial charge on any atom is -0.0975 e. The van der Waals surface area contributed by atoms with Gasteiger partial charge in [0.25, 0.3) is 0 Å². The molecule has 1 aliphatic rings. The van der Waals surface area contributed by atoms with E-state index >= 15 is 0 Å². The Balaban J connectivity index is 2.63. The van der Waals surface area contributed by atoms with Crippen molar-refractivity contribution in [3.63, 3.8) is 0 Å². The second-order valence-corrected chi connectivity index (χ2v) is 5.26. The molecule has 0 unspecified atom stereocenters. The normalized spacial score (nSPS) is 27.3. The van der Waals surface area contributed by atoms with Crippen LogP contribution in [0.25, 0.3) is 0 Å². The predicted molar refractivity (Wildman–Crippen MR) is 34.3 cm³/mol. The molecule has 1 rings (SSSR count). The summed E-state index contributed by atoms with van der Waals surface area (Å²) < 4.78 is 0.139. The van der Waals surface area contributed by atoms with E-state index < -0.39 is 0 Å². The Morgan fingerprint density at radius 2 is 1.83 bits per heavy atom. The summed E-state index contributed by atoms with van der Waals surface area (Å²) >= 11 is 6.74. The quantitative estimate of drug-likeness (QED) is 0.427. The number of rotatable bonds is 0. The highest BCUT2D eigenvalue weighted by Gasteiger charge is 2.41. The van der Waals surface area contributed by atoms with Crippen LogP contribution < -0.4 is 0 Å². The van der Waals surface area contributed by atoms with Gasteiger partial charge in [-0.15, -0.1) is 0 Å². The maximum absolute atomic E-state index is 3.73. The van der Waals surface area contributed by atoms with Gasteiger partial charge in [-0.3, -0.25) is 0 Å². The fourth-order valence-electron chi connectivity index (χ4n) is 0.224. The van der Waals surface area contributed by atoms with Gasteiger partial charge in [-0.25, -0.2) is 0 Å². The van der Waals surface area contributed by atoms with Crippen molar-refractivity contribution in [3.8, 4) is 0 Å². The lowest BCUT2D eigenvalue weighted by Gasteiger charge is -1.81. The largest absolute Gasteiger partial charge is 0.105 e. The summed E-state index contributed by atoms with van der Waals surface area (Å²) in [5.74, 6) is 0. The van der Waals surface area contributed by atoms with Crippen molar-refractivity contribution in [3.05, 3.63) is 12.2 Å². The van der Waals surface area contributed by atoms with Crippen molar-refractivity contribution in [1.82, 2.24) is 0 Å². The van der Waals surface area contributed by atoms with Gasteiger partial charge in [0, 0.05) is 0 Å². The van der Waals surface area contributed by atoms with Crippen LogP contribution in [0.3, 0.4) is 0 Å². The minimum atomic E-state index is 0.139. The molecule has 0 bridgehead atoms. The van der Waals surface area contributed by atoms with E-state index in [9.17, 15) is 0 Å². The zero-order valence-electron chi connectivity index (χ0n) is 3.17. The molecule has 34 valence electrons. The Labute approximate surface area is 53.9 Å². The molecular formula is C4H4Br2. The molecule has 2 heteroatoms. The predicted octanol–water partition coefficient (Wildman–Crippen LogP) is 2.43. The molecule has 0 N–H and O–H groups in total. The standard InChI is InChI=1S/C4H4Br2/c1-3-2-4(3,5)6/h1-2H2. The molecule has 1 aliphatic carbocycles. The van der Waals surface area contributed by atoms with Crippen molar-refractivity contribution < 1.29 is 0 Å². The van der Waals surface area contributed by atoms with Gasteiger partial charge in [0.15, 0.2) is 0 Å². The Morgan fingerprint density at radius 3 is 1.83 bits per heavy atom. The van der Waals surface area contributed by atoms with Crippen LogP contribution in [-0.2, 0) is 0 Å². The van der Waals surface area contributed by atoms with Crippen LogP contribution in [0.4, 0.5) is 0 Å². The fraction of sp³-hybridized carbons (Fsp3) is 0.500. The molecule has 0 spiro atoms. The average Bonchev–Trinajstić information content (AvgIpc) is 1.73. The summed E-state index contributed by atoms with van der Waals surface area (Å²) in [6.07, 6.45) is 1.08. The first-order chi connectivity index (χ1) is 2.63. The number of hydrogen-bond donors (Lipinski definition) is 0. The summed E-state index contributed by atoms with van der Waals surface area (Å²) in [6, 6.07) is 0. The second kappa shape index (κ2) is 1.10. The summed E-state index contributed by atoms with van der Waals surface area (Å²) in [7, 11) is 0. The van der Waals surface area contributed by atoms with Crippen LogP contribution in [0.5, 0.6) is 0 Å². The van der Waals surface area contributed by atoms with E-state index in [-0.39, 0.29) is 3.23 Å². The van der Waals surface area contributed by atoms with E-state index in [1.54, 1.807) is 0 Å². The molecule has 0 aromatic rings. The van der Waals surface area contributed by atoms with Gasteiger partial charge in [0.05, 0.1) is 0 Å². The van der Waals surface area contributed by atoms with Crippen LogP contribution >= 0.6 is 31.9 Å². The molecule has 0 atom stereocenters. The van der Waals surface area contributed by atoms with Gasteiger partial charge in [-0.1, -0.05) is 38.4 Å². The van der Waals surface area contributed by atoms with E-state index in [1.807, 2.05) is 0 Å². The van der Waals surface area contributed by atoms with Crippen LogP contribution in [0.1, 0.15) is 6.42 Å². The van der Waals surface area contributed by atoms with Gasteiger partial charge in [-0.2, -0.15) is 0 Å². The smallest absolute Gasteiger partial charge is 0.0975 e. The molecule has 0 nitrogen and oxygen atoms in total. The first-order valence-corrected chi connectivity index (χ1v) is 3.27. The number of hydrogen-bond acceptors (Lipinski definition) is 0. The molecule has 0 aliphatic heterocycles. The fourth-order valence-corrected chi connectivity index (χ4v) is 0.901. The van der Waals surface area contributed by atoms with Crippen LogP contribution in [-0.4, -0.2) is 3.23 Å². The van der Waals surface area contributed by atoms with E-state index in [4.69, 9.17) is 0 Å². The third kappa shape index (κ3) is 0.684. The van der Waals surface area contributed by atoms with Crippen LogP contribution in [0.2, 0.25) is 0 Å². The van der Waals surface area contributed by atoms with Gasteiger partial charge >= 0.3 is 0 Å². The first kappa shape index (κ1) is 4.85. The molecule has 0 aromatic carbocycles. The van der Waals surface area contributed by atoms with Crippen LogP contribution in [0, 0.1) is 0 Å². The van der Waals surface area contributed by atoms with E-state index in [2.05, 4.69) is 38.4 Å². The second-order valence-electron chi connectivity index (χ2n) is 1.48. The Morgan fingerprint density at radius 1 is 1.67 bits per heavy atom. The Hall–Kier alpha value is 0.700. The van der Waals surface area contributed by atoms with E-state index in [0.717, 1.165) is 6.42 Å². The minimum absolute atomic E-state index is 0.139. The van der Waals surface area contributed by atoms with Crippen molar-refractivity contribution in [2.24, 2.45) is 0 Å². The molecule has 0 amide bonds. The number of allylic oxidation sites excluding steroid dienone is 1. The summed E-state index contributed by atoms with van der Waals surface area (Å²) in [4.78, 5) is 0. The highest BCUT2D eigenvalue weighted by atomic mass is 79.9. The lowest BCUT2D eigenvalue weighted by atomic mass is 10.7. The van der Waals surface area contributed by atoms with E-state index in [1.165, 1.54) is 5.57 Å². The Bertz CT molecular complexity index is 93.7. The lowest BCUT2D eigenvalue weighted by molar-refractivity contribution is 1.48. The maximum Gasteiger partial charge on any atom is 0.105 e. The SMILES string of the molecule is C=C1CC1(Br)Br. The van der Waals surface area contributed by atoms with Crippen molar-refractivity contribution in [2.45, 2.75) is 9.65 Å². The molecule has 0 aromatic heterocycles. The zero-order valence-corrected chi connectivity index (χ0v) is 6.34. The summed E-state index contributed by atoms with van der Waals surface area (Å²) in [5.41, 5.74) is 1.24. The van der Waals surface area contributed by atoms with Crippen molar-refractivity contribution in [1.29, 1.82) is 0 Å². The van der Waals surface area contributed by atoms with E-state index in [0.29, 0.717) is 0 Å². The Kier molecular flexibility index (Phi) is 0.889. The van der Waals surface area contributed by atoms with Crippen LogP contribution in [0.15, 0.2) is 12.2 Å². The molecule has 0 radical (unpaired) electrons. The monoisotopic (exact) mass is 210 g/mol. The topological polar surface area (TPSA) is 0 Å². The third-order valence-corrected chi connectivity index (χ3v) is 2.51. The maximum atomic E-state index is 3.73. The third-order valence-electron chi connectivity index (χ3n) is 0.828. The molecule has 1 saturated carbocycles. The van der Waals surface area contributed by atoms with Crippen molar-refractivity contribution in [2.75, 3.05) is 0 Å². The first-order valence-electron chi connectivity index (χ1n) is 1.69. The highest BCUT2D eigenvalue weighted by Crippen LogP contribution is 2.54. The molecule has 0 saturated heterocycles. The molecule has 6 heavy (non-hydrogen) atoms. The highest BCUT2D eigenvalue weighted by molar-refractivity contribution is 9.25.